The van der Waals surface area contributed by atoms with Crippen molar-refractivity contribution in [2.45, 2.75) is 71.5 Å². The van der Waals surface area contributed by atoms with Crippen molar-refractivity contribution in [3.05, 3.63) is 0 Å². The van der Waals surface area contributed by atoms with Crippen LogP contribution in [0.15, 0.2) is 0 Å². The first kappa shape index (κ1) is 13.9. The van der Waals surface area contributed by atoms with Gasteiger partial charge in [0.05, 0.1) is 12.2 Å². The van der Waals surface area contributed by atoms with Crippen molar-refractivity contribution >= 4 is 0 Å². The second-order valence-corrected chi connectivity index (χ2v) is 4.28. The van der Waals surface area contributed by atoms with Crippen LogP contribution in [0.25, 0.3) is 0 Å². The van der Waals surface area contributed by atoms with E-state index >= 15 is 0 Å². The van der Waals surface area contributed by atoms with Crippen LogP contribution < -0.4 is 0 Å². The van der Waals surface area contributed by atoms with E-state index in [9.17, 15) is 10.2 Å². The van der Waals surface area contributed by atoms with Gasteiger partial charge in [0.15, 0.2) is 0 Å². The molecule has 0 unspecified atom stereocenters. The van der Waals surface area contributed by atoms with Crippen molar-refractivity contribution in [1.82, 2.24) is 0 Å². The van der Waals surface area contributed by atoms with E-state index in [1.54, 1.807) is 0 Å². The van der Waals surface area contributed by atoms with Gasteiger partial charge >= 0.3 is 0 Å². The molecule has 0 aromatic rings. The Hall–Kier alpha value is -0.0800. The monoisotopic (exact) mass is 202 g/mol. The van der Waals surface area contributed by atoms with Gasteiger partial charge in [0.25, 0.3) is 0 Å². The molecule has 0 fully saturated rings. The predicted octanol–water partition coefficient (Wildman–Crippen LogP) is 2.72. The number of aliphatic hydroxyl groups excluding tert-OH is 2. The Bertz CT molecular complexity index is 111. The van der Waals surface area contributed by atoms with Gasteiger partial charge in [-0.1, -0.05) is 46.5 Å². The van der Waals surface area contributed by atoms with Gasteiger partial charge in [-0.2, -0.15) is 0 Å². The SMILES string of the molecule is CCCC[C@@H](O)C(C)[C@H](O)CCCC. The Labute approximate surface area is 88.3 Å². The van der Waals surface area contributed by atoms with Crippen molar-refractivity contribution in [3.63, 3.8) is 0 Å². The molecule has 2 heteroatoms. The Morgan fingerprint density at radius 3 is 1.50 bits per heavy atom. The molecule has 0 aliphatic heterocycles. The highest BCUT2D eigenvalue weighted by molar-refractivity contribution is 4.72. The van der Waals surface area contributed by atoms with Crippen molar-refractivity contribution in [2.75, 3.05) is 0 Å². The summed E-state index contributed by atoms with van der Waals surface area (Å²) in [6.07, 6.45) is 5.28. The van der Waals surface area contributed by atoms with Crippen LogP contribution in [0.3, 0.4) is 0 Å². The minimum absolute atomic E-state index is 0.0214. The molecule has 0 spiro atoms. The lowest BCUT2D eigenvalue weighted by molar-refractivity contribution is 0.0119. The highest BCUT2D eigenvalue weighted by Crippen LogP contribution is 2.18. The summed E-state index contributed by atoms with van der Waals surface area (Å²) in [4.78, 5) is 0. The van der Waals surface area contributed by atoms with Gasteiger partial charge < -0.3 is 10.2 Å². The summed E-state index contributed by atoms with van der Waals surface area (Å²) in [5, 5.41) is 19.5. The summed E-state index contributed by atoms with van der Waals surface area (Å²) in [6, 6.07) is 0. The summed E-state index contributed by atoms with van der Waals surface area (Å²) < 4.78 is 0. The molecule has 86 valence electrons. The quantitative estimate of drug-likeness (QED) is 0.635. The van der Waals surface area contributed by atoms with Crippen LogP contribution in [0.2, 0.25) is 0 Å². The number of hydrogen-bond acceptors (Lipinski definition) is 2. The van der Waals surface area contributed by atoms with E-state index in [-0.39, 0.29) is 18.1 Å². The van der Waals surface area contributed by atoms with Gasteiger partial charge in [-0.3, -0.25) is 0 Å². The Morgan fingerprint density at radius 2 is 1.21 bits per heavy atom. The standard InChI is InChI=1S/C12H26O2/c1-4-6-8-11(13)10(3)12(14)9-7-5-2/h10-14H,4-9H2,1-3H3/t11-,12-/m1/s1. The molecule has 0 aliphatic carbocycles. The summed E-state index contributed by atoms with van der Waals surface area (Å²) >= 11 is 0. The fraction of sp³-hybridized carbons (Fsp3) is 1.00. The molecule has 0 bridgehead atoms. The first-order chi connectivity index (χ1) is 6.63. The summed E-state index contributed by atoms with van der Waals surface area (Å²) in [6.45, 7) is 6.18. The van der Waals surface area contributed by atoms with Gasteiger partial charge in [-0.15, -0.1) is 0 Å². The molecule has 0 heterocycles. The first-order valence-electron chi connectivity index (χ1n) is 5.99. The van der Waals surface area contributed by atoms with Crippen molar-refractivity contribution in [1.29, 1.82) is 0 Å². The third-order valence-corrected chi connectivity index (χ3v) is 2.92. The molecule has 0 saturated heterocycles. The molecule has 0 rings (SSSR count). The lowest BCUT2D eigenvalue weighted by Crippen LogP contribution is -2.29. The maximum atomic E-state index is 9.76. The fourth-order valence-electron chi connectivity index (χ4n) is 1.61. The average Bonchev–Trinajstić information content (AvgIpc) is 2.21. The second-order valence-electron chi connectivity index (χ2n) is 4.28. The lowest BCUT2D eigenvalue weighted by Gasteiger charge is -2.23. The summed E-state index contributed by atoms with van der Waals surface area (Å²) in [7, 11) is 0. The zero-order valence-electron chi connectivity index (χ0n) is 9.87. The van der Waals surface area contributed by atoms with E-state index < -0.39 is 0 Å². The predicted molar refractivity (Wildman–Crippen MR) is 60.2 cm³/mol. The van der Waals surface area contributed by atoms with Gasteiger partial charge in [-0.05, 0) is 12.8 Å². The van der Waals surface area contributed by atoms with Gasteiger partial charge in [-0.25, -0.2) is 0 Å². The van der Waals surface area contributed by atoms with Gasteiger partial charge in [0, 0.05) is 5.92 Å². The minimum Gasteiger partial charge on any atom is -0.393 e. The zero-order valence-corrected chi connectivity index (χ0v) is 9.87. The molecule has 2 nitrogen and oxygen atoms in total. The molecule has 0 amide bonds. The van der Waals surface area contributed by atoms with Crippen LogP contribution in [0.5, 0.6) is 0 Å². The number of hydrogen-bond donors (Lipinski definition) is 2. The second kappa shape index (κ2) is 8.25. The van der Waals surface area contributed by atoms with Gasteiger partial charge in [0.1, 0.15) is 0 Å². The maximum absolute atomic E-state index is 9.76. The highest BCUT2D eigenvalue weighted by Gasteiger charge is 2.21. The van der Waals surface area contributed by atoms with E-state index in [2.05, 4.69) is 13.8 Å². The molecule has 0 aromatic carbocycles. The summed E-state index contributed by atoms with van der Waals surface area (Å²) in [5.41, 5.74) is 0. The normalized spacial score (nSPS) is 15.9. The zero-order chi connectivity index (χ0) is 11.0. The minimum atomic E-state index is -0.332. The molecule has 0 aromatic heterocycles. The Balaban J connectivity index is 3.72. The third-order valence-electron chi connectivity index (χ3n) is 2.92. The van der Waals surface area contributed by atoms with E-state index in [4.69, 9.17) is 0 Å². The lowest BCUT2D eigenvalue weighted by atomic mass is 9.91. The third kappa shape index (κ3) is 5.61. The van der Waals surface area contributed by atoms with Gasteiger partial charge in [0.2, 0.25) is 0 Å². The molecular weight excluding hydrogens is 176 g/mol. The van der Waals surface area contributed by atoms with Crippen LogP contribution in [0, 0.1) is 5.92 Å². The van der Waals surface area contributed by atoms with Crippen molar-refractivity contribution in [2.24, 2.45) is 5.92 Å². The van der Waals surface area contributed by atoms with E-state index in [0.717, 1.165) is 38.5 Å². The molecular formula is C12H26O2. The number of unbranched alkanes of at least 4 members (excludes halogenated alkanes) is 2. The van der Waals surface area contributed by atoms with Crippen molar-refractivity contribution in [3.8, 4) is 0 Å². The molecule has 0 aliphatic rings. The molecule has 0 saturated carbocycles. The number of aliphatic hydroxyl groups is 2. The average molecular weight is 202 g/mol. The smallest absolute Gasteiger partial charge is 0.0590 e. The molecule has 2 atom stereocenters. The van der Waals surface area contributed by atoms with Crippen LogP contribution >= 0.6 is 0 Å². The van der Waals surface area contributed by atoms with Crippen LogP contribution in [0.4, 0.5) is 0 Å². The fourth-order valence-corrected chi connectivity index (χ4v) is 1.61. The largest absolute Gasteiger partial charge is 0.393 e. The van der Waals surface area contributed by atoms with Crippen molar-refractivity contribution < 1.29 is 10.2 Å². The molecule has 14 heavy (non-hydrogen) atoms. The molecule has 0 radical (unpaired) electrons. The summed E-state index contributed by atoms with van der Waals surface area (Å²) in [5.74, 6) is 0.0214. The number of rotatable bonds is 8. The van der Waals surface area contributed by atoms with E-state index in [1.165, 1.54) is 0 Å². The molecule has 2 N–H and O–H groups in total. The highest BCUT2D eigenvalue weighted by atomic mass is 16.3. The Morgan fingerprint density at radius 1 is 0.857 bits per heavy atom. The topological polar surface area (TPSA) is 40.5 Å². The van der Waals surface area contributed by atoms with E-state index in [0.29, 0.717) is 0 Å². The van der Waals surface area contributed by atoms with Crippen LogP contribution in [-0.4, -0.2) is 22.4 Å². The first-order valence-corrected chi connectivity index (χ1v) is 5.99. The Kier molecular flexibility index (Phi) is 8.20. The van der Waals surface area contributed by atoms with Crippen LogP contribution in [-0.2, 0) is 0 Å². The van der Waals surface area contributed by atoms with E-state index in [1.807, 2.05) is 6.92 Å². The maximum Gasteiger partial charge on any atom is 0.0590 e. The van der Waals surface area contributed by atoms with Crippen LogP contribution in [0.1, 0.15) is 59.3 Å².